The molecule has 25 heavy (non-hydrogen) atoms. The highest BCUT2D eigenvalue weighted by Crippen LogP contribution is 2.29. The van der Waals surface area contributed by atoms with Crippen LogP contribution in [0.2, 0.25) is 0 Å². The molecule has 136 valence electrons. The molecule has 1 amide bonds. The molecule has 0 saturated carbocycles. The van der Waals surface area contributed by atoms with Gasteiger partial charge in [-0.1, -0.05) is 0 Å². The van der Waals surface area contributed by atoms with Crippen LogP contribution < -0.4 is 11.1 Å². The molecule has 2 heterocycles. The molecule has 1 aromatic heterocycles. The van der Waals surface area contributed by atoms with Crippen LogP contribution in [0.4, 0.5) is 5.69 Å². The largest absolute Gasteiger partial charge is 0.462 e. The molecule has 1 fully saturated rings. The predicted octanol–water partition coefficient (Wildman–Crippen LogP) is 2.95. The van der Waals surface area contributed by atoms with E-state index in [0.717, 1.165) is 10.1 Å². The molecule has 6 nitrogen and oxygen atoms in total. The average Bonchev–Trinajstić information content (AvgIpc) is 2.99. The molecule has 0 atom stereocenters. The van der Waals surface area contributed by atoms with Crippen molar-refractivity contribution in [2.75, 3.05) is 25.1 Å². The fourth-order valence-electron chi connectivity index (χ4n) is 2.64. The van der Waals surface area contributed by atoms with Gasteiger partial charge in [-0.05, 0) is 49.4 Å². The van der Waals surface area contributed by atoms with Crippen molar-refractivity contribution < 1.29 is 19.1 Å². The standard InChI is InChI=1S/C17H20N2O4S.ClH/c1-2-23-15(20)14-10-11-9-12(3-4-13(11)24-14)19-16(21)17(18)5-7-22-8-6-17;/h3-4,9-10H,2,5-8,18H2,1H3,(H,19,21);1H. The Morgan fingerprint density at radius 2 is 2.04 bits per heavy atom. The Morgan fingerprint density at radius 1 is 1.32 bits per heavy atom. The lowest BCUT2D eigenvalue weighted by atomic mass is 9.90. The molecule has 3 N–H and O–H groups in total. The van der Waals surface area contributed by atoms with Crippen molar-refractivity contribution in [1.82, 2.24) is 0 Å². The van der Waals surface area contributed by atoms with Gasteiger partial charge in [0.25, 0.3) is 0 Å². The Balaban J connectivity index is 0.00000225. The first kappa shape index (κ1) is 19.7. The van der Waals surface area contributed by atoms with E-state index < -0.39 is 5.54 Å². The van der Waals surface area contributed by atoms with Gasteiger partial charge in [0.1, 0.15) is 10.4 Å². The summed E-state index contributed by atoms with van der Waals surface area (Å²) in [5.74, 6) is -0.529. The Labute approximate surface area is 156 Å². The molecule has 0 spiro atoms. The lowest BCUT2D eigenvalue weighted by molar-refractivity contribution is -0.124. The summed E-state index contributed by atoms with van der Waals surface area (Å²) in [6.45, 7) is 3.11. The van der Waals surface area contributed by atoms with Gasteiger partial charge in [0.05, 0.1) is 6.61 Å². The first-order chi connectivity index (χ1) is 11.5. The molecule has 0 unspecified atom stereocenters. The number of carbonyl (C=O) groups is 2. The summed E-state index contributed by atoms with van der Waals surface area (Å²) in [6, 6.07) is 7.31. The third-order valence-electron chi connectivity index (χ3n) is 4.09. The van der Waals surface area contributed by atoms with Gasteiger partial charge in [0.15, 0.2) is 0 Å². The summed E-state index contributed by atoms with van der Waals surface area (Å²) < 4.78 is 11.2. The highest BCUT2D eigenvalue weighted by molar-refractivity contribution is 7.20. The number of nitrogens with one attached hydrogen (secondary N) is 1. The van der Waals surface area contributed by atoms with Gasteiger partial charge in [-0.25, -0.2) is 4.79 Å². The number of esters is 1. The maximum Gasteiger partial charge on any atom is 0.348 e. The maximum atomic E-state index is 12.5. The molecule has 0 radical (unpaired) electrons. The number of halogens is 1. The molecule has 1 aliphatic heterocycles. The van der Waals surface area contributed by atoms with Gasteiger partial charge in [-0.2, -0.15) is 0 Å². The van der Waals surface area contributed by atoms with E-state index in [1.807, 2.05) is 18.2 Å². The zero-order valence-electron chi connectivity index (χ0n) is 13.9. The normalized spacial score (nSPS) is 16.1. The van der Waals surface area contributed by atoms with Crippen LogP contribution in [0, 0.1) is 0 Å². The zero-order chi connectivity index (χ0) is 17.2. The van der Waals surface area contributed by atoms with Gasteiger partial charge in [0, 0.05) is 23.6 Å². The van der Waals surface area contributed by atoms with Gasteiger partial charge in [-0.15, -0.1) is 23.7 Å². The summed E-state index contributed by atoms with van der Waals surface area (Å²) in [6.07, 6.45) is 1.01. The number of rotatable bonds is 4. The number of anilines is 1. The van der Waals surface area contributed by atoms with Gasteiger partial charge >= 0.3 is 5.97 Å². The van der Waals surface area contributed by atoms with Crippen molar-refractivity contribution >= 4 is 51.4 Å². The highest BCUT2D eigenvalue weighted by Gasteiger charge is 2.35. The molecule has 1 saturated heterocycles. The van der Waals surface area contributed by atoms with Crippen LogP contribution in [0.25, 0.3) is 10.1 Å². The van der Waals surface area contributed by atoms with E-state index in [2.05, 4.69) is 5.32 Å². The van der Waals surface area contributed by atoms with Crippen molar-refractivity contribution in [1.29, 1.82) is 0 Å². The third-order valence-corrected chi connectivity index (χ3v) is 5.18. The molecule has 0 aliphatic carbocycles. The second-order valence-corrected chi connectivity index (χ2v) is 6.89. The lowest BCUT2D eigenvalue weighted by Crippen LogP contribution is -2.54. The SMILES string of the molecule is CCOC(=O)c1cc2cc(NC(=O)C3(N)CCOCC3)ccc2s1.Cl. The maximum absolute atomic E-state index is 12.5. The van der Waals surface area contributed by atoms with Crippen LogP contribution in [0.15, 0.2) is 24.3 Å². The van der Waals surface area contributed by atoms with E-state index in [-0.39, 0.29) is 24.3 Å². The minimum absolute atomic E-state index is 0. The number of amides is 1. The molecular weight excluding hydrogens is 364 g/mol. The molecule has 1 aliphatic rings. The number of carbonyl (C=O) groups excluding carboxylic acids is 2. The molecule has 1 aromatic carbocycles. The van der Waals surface area contributed by atoms with Crippen LogP contribution in [0.3, 0.4) is 0 Å². The minimum atomic E-state index is -0.891. The first-order valence-corrected chi connectivity index (χ1v) is 8.72. The summed E-state index contributed by atoms with van der Waals surface area (Å²) in [4.78, 5) is 24.8. The minimum Gasteiger partial charge on any atom is -0.462 e. The fourth-order valence-corrected chi connectivity index (χ4v) is 3.58. The second-order valence-electron chi connectivity index (χ2n) is 5.81. The summed E-state index contributed by atoms with van der Waals surface area (Å²) >= 11 is 1.37. The number of fused-ring (bicyclic) bond motifs is 1. The third kappa shape index (κ3) is 4.30. The number of hydrogen-bond donors (Lipinski definition) is 2. The summed E-state index contributed by atoms with van der Waals surface area (Å²) in [5.41, 5.74) is 5.96. The van der Waals surface area contributed by atoms with Crippen LogP contribution >= 0.6 is 23.7 Å². The average molecular weight is 385 g/mol. The molecule has 3 rings (SSSR count). The van der Waals surface area contributed by atoms with Crippen molar-refractivity contribution in [3.8, 4) is 0 Å². The zero-order valence-corrected chi connectivity index (χ0v) is 15.5. The Bertz CT molecular complexity index is 771. The van der Waals surface area contributed by atoms with E-state index in [1.54, 1.807) is 13.0 Å². The fraction of sp³-hybridized carbons (Fsp3) is 0.412. The van der Waals surface area contributed by atoms with E-state index in [0.29, 0.717) is 43.2 Å². The first-order valence-electron chi connectivity index (χ1n) is 7.90. The molecular formula is C17H21ClN2O4S. The Morgan fingerprint density at radius 3 is 2.72 bits per heavy atom. The lowest BCUT2D eigenvalue weighted by Gasteiger charge is -2.31. The Kier molecular flexibility index (Phi) is 6.40. The van der Waals surface area contributed by atoms with Crippen LogP contribution in [-0.2, 0) is 14.3 Å². The Hall–Kier alpha value is -1.67. The quantitative estimate of drug-likeness (QED) is 0.791. The van der Waals surface area contributed by atoms with Crippen LogP contribution in [-0.4, -0.2) is 37.2 Å². The number of hydrogen-bond acceptors (Lipinski definition) is 6. The van der Waals surface area contributed by atoms with Gasteiger partial charge in [-0.3, -0.25) is 4.79 Å². The topological polar surface area (TPSA) is 90.7 Å². The van der Waals surface area contributed by atoms with Crippen molar-refractivity contribution in [2.24, 2.45) is 5.73 Å². The van der Waals surface area contributed by atoms with Crippen molar-refractivity contribution in [2.45, 2.75) is 25.3 Å². The summed E-state index contributed by atoms with van der Waals surface area (Å²) in [7, 11) is 0. The second kappa shape index (κ2) is 8.14. The molecule has 0 bridgehead atoms. The predicted molar refractivity (Wildman–Crippen MR) is 101 cm³/mol. The number of benzene rings is 1. The number of ether oxygens (including phenoxy) is 2. The molecule has 2 aromatic rings. The van der Waals surface area contributed by atoms with Gasteiger partial charge < -0.3 is 20.5 Å². The smallest absolute Gasteiger partial charge is 0.348 e. The molecule has 8 heteroatoms. The van der Waals surface area contributed by atoms with E-state index >= 15 is 0 Å². The van der Waals surface area contributed by atoms with Gasteiger partial charge in [0.2, 0.25) is 5.91 Å². The number of thiophene rings is 1. The van der Waals surface area contributed by atoms with E-state index in [4.69, 9.17) is 15.2 Å². The van der Waals surface area contributed by atoms with Crippen molar-refractivity contribution in [3.63, 3.8) is 0 Å². The monoisotopic (exact) mass is 384 g/mol. The van der Waals surface area contributed by atoms with E-state index in [9.17, 15) is 9.59 Å². The van der Waals surface area contributed by atoms with Crippen molar-refractivity contribution in [3.05, 3.63) is 29.1 Å². The summed E-state index contributed by atoms with van der Waals surface area (Å²) in [5, 5.41) is 3.76. The van der Waals surface area contributed by atoms with Crippen LogP contribution in [0.5, 0.6) is 0 Å². The van der Waals surface area contributed by atoms with E-state index in [1.165, 1.54) is 11.3 Å². The number of nitrogens with two attached hydrogens (primary N) is 1. The highest BCUT2D eigenvalue weighted by atomic mass is 35.5. The van der Waals surface area contributed by atoms with Crippen LogP contribution in [0.1, 0.15) is 29.4 Å².